The van der Waals surface area contributed by atoms with Gasteiger partial charge in [0.25, 0.3) is 0 Å². The Morgan fingerprint density at radius 3 is 2.75 bits per heavy atom. The van der Waals surface area contributed by atoms with E-state index in [4.69, 9.17) is 4.52 Å². The van der Waals surface area contributed by atoms with Crippen molar-refractivity contribution < 1.29 is 4.52 Å². The molecule has 2 aromatic heterocycles. The molecule has 4 rings (SSSR count). The summed E-state index contributed by atoms with van der Waals surface area (Å²) >= 11 is 0. The summed E-state index contributed by atoms with van der Waals surface area (Å²) in [6.07, 6.45) is 5.27. The molecule has 3 heterocycles. The van der Waals surface area contributed by atoms with Crippen LogP contribution in [0.15, 0.2) is 59.3 Å². The van der Waals surface area contributed by atoms with Gasteiger partial charge in [-0.1, -0.05) is 48.0 Å². The van der Waals surface area contributed by atoms with Gasteiger partial charge in [-0.25, -0.2) is 0 Å². The molecule has 1 aliphatic heterocycles. The van der Waals surface area contributed by atoms with Crippen LogP contribution in [-0.4, -0.2) is 26.6 Å². The van der Waals surface area contributed by atoms with E-state index in [0.717, 1.165) is 30.8 Å². The molecule has 0 bridgehead atoms. The second-order valence-corrected chi connectivity index (χ2v) is 6.13. The largest absolute Gasteiger partial charge is 0.337 e. The lowest BCUT2D eigenvalue weighted by atomic mass is 10.0. The zero-order valence-electron chi connectivity index (χ0n) is 13.5. The van der Waals surface area contributed by atoms with Crippen molar-refractivity contribution in [2.75, 3.05) is 6.54 Å². The van der Waals surface area contributed by atoms with Crippen molar-refractivity contribution in [2.24, 2.45) is 0 Å². The predicted molar refractivity (Wildman–Crippen MR) is 91.0 cm³/mol. The van der Waals surface area contributed by atoms with E-state index in [-0.39, 0.29) is 6.04 Å². The van der Waals surface area contributed by atoms with Gasteiger partial charge >= 0.3 is 0 Å². The van der Waals surface area contributed by atoms with Gasteiger partial charge < -0.3 is 4.52 Å². The summed E-state index contributed by atoms with van der Waals surface area (Å²) in [5.74, 6) is 1.37. The van der Waals surface area contributed by atoms with Crippen molar-refractivity contribution in [3.8, 4) is 11.4 Å². The molecule has 0 radical (unpaired) electrons. The standard InChI is InChI=1S/C19H20N4O/c1-2-8-15(9-3-1)18-21-19(24-22-18)17-11-5-7-13-23(17)14-16-10-4-6-12-20-16/h1-4,6,8-10,12,17H,5,7,11,13-14H2. The molecule has 122 valence electrons. The number of hydrogen-bond donors (Lipinski definition) is 0. The minimum absolute atomic E-state index is 0.172. The Labute approximate surface area is 141 Å². The first-order valence-electron chi connectivity index (χ1n) is 8.43. The summed E-state index contributed by atoms with van der Waals surface area (Å²) in [5, 5.41) is 4.17. The second kappa shape index (κ2) is 6.93. The molecule has 1 aliphatic rings. The number of nitrogens with zero attached hydrogens (tertiary/aromatic N) is 4. The van der Waals surface area contributed by atoms with Crippen molar-refractivity contribution in [3.63, 3.8) is 0 Å². The van der Waals surface area contributed by atoms with E-state index >= 15 is 0 Å². The van der Waals surface area contributed by atoms with E-state index in [9.17, 15) is 0 Å². The maximum Gasteiger partial charge on any atom is 0.244 e. The maximum absolute atomic E-state index is 5.60. The van der Waals surface area contributed by atoms with Gasteiger partial charge in [0.15, 0.2) is 0 Å². The number of pyridine rings is 1. The normalized spacial score (nSPS) is 18.6. The monoisotopic (exact) mass is 320 g/mol. The zero-order valence-corrected chi connectivity index (χ0v) is 13.5. The first-order valence-corrected chi connectivity index (χ1v) is 8.43. The van der Waals surface area contributed by atoms with E-state index in [1.54, 1.807) is 0 Å². The third kappa shape index (κ3) is 3.21. The third-order valence-electron chi connectivity index (χ3n) is 4.46. The molecule has 5 nitrogen and oxygen atoms in total. The van der Waals surface area contributed by atoms with Gasteiger partial charge in [-0.3, -0.25) is 9.88 Å². The van der Waals surface area contributed by atoms with E-state index in [1.807, 2.05) is 48.7 Å². The van der Waals surface area contributed by atoms with Crippen LogP contribution in [0.4, 0.5) is 0 Å². The lowest BCUT2D eigenvalue weighted by Gasteiger charge is -2.32. The summed E-state index contributed by atoms with van der Waals surface area (Å²) in [6, 6.07) is 16.2. The van der Waals surface area contributed by atoms with Crippen LogP contribution in [0.2, 0.25) is 0 Å². The highest BCUT2D eigenvalue weighted by atomic mass is 16.5. The van der Waals surface area contributed by atoms with Gasteiger partial charge in [0.05, 0.1) is 11.7 Å². The van der Waals surface area contributed by atoms with Crippen LogP contribution < -0.4 is 0 Å². The lowest BCUT2D eigenvalue weighted by Crippen LogP contribution is -2.33. The average molecular weight is 320 g/mol. The van der Waals surface area contributed by atoms with E-state index < -0.39 is 0 Å². The number of likely N-dealkylation sites (tertiary alicyclic amines) is 1. The smallest absolute Gasteiger partial charge is 0.244 e. The highest BCUT2D eigenvalue weighted by Crippen LogP contribution is 2.32. The summed E-state index contributed by atoms with van der Waals surface area (Å²) in [6.45, 7) is 1.85. The van der Waals surface area contributed by atoms with Gasteiger partial charge in [-0.05, 0) is 31.5 Å². The summed E-state index contributed by atoms with van der Waals surface area (Å²) in [4.78, 5) is 11.5. The highest BCUT2D eigenvalue weighted by Gasteiger charge is 2.29. The third-order valence-corrected chi connectivity index (χ3v) is 4.46. The Bertz CT molecular complexity index is 772. The molecule has 1 atom stereocenters. The van der Waals surface area contributed by atoms with Crippen molar-refractivity contribution in [1.29, 1.82) is 0 Å². The first-order chi connectivity index (χ1) is 11.9. The van der Waals surface area contributed by atoms with E-state index in [1.165, 1.54) is 12.8 Å². The fourth-order valence-electron chi connectivity index (χ4n) is 3.23. The average Bonchev–Trinajstić information content (AvgIpc) is 3.14. The van der Waals surface area contributed by atoms with E-state index in [0.29, 0.717) is 11.7 Å². The van der Waals surface area contributed by atoms with Crippen LogP contribution in [0.25, 0.3) is 11.4 Å². The molecule has 1 saturated heterocycles. The van der Waals surface area contributed by atoms with Crippen molar-refractivity contribution >= 4 is 0 Å². The van der Waals surface area contributed by atoms with Crippen LogP contribution in [-0.2, 0) is 6.54 Å². The molecule has 0 N–H and O–H groups in total. The van der Waals surface area contributed by atoms with Crippen molar-refractivity contribution in [2.45, 2.75) is 31.8 Å². The minimum Gasteiger partial charge on any atom is -0.337 e. The van der Waals surface area contributed by atoms with Gasteiger partial charge in [0.2, 0.25) is 11.7 Å². The molecule has 1 unspecified atom stereocenters. The number of aromatic nitrogens is 3. The number of piperidine rings is 1. The molecule has 0 spiro atoms. The Morgan fingerprint density at radius 2 is 1.92 bits per heavy atom. The molecule has 24 heavy (non-hydrogen) atoms. The summed E-state index contributed by atoms with van der Waals surface area (Å²) in [7, 11) is 0. The van der Waals surface area contributed by atoms with Gasteiger partial charge in [-0.15, -0.1) is 0 Å². The van der Waals surface area contributed by atoms with Crippen LogP contribution in [0.1, 0.15) is 36.9 Å². The lowest BCUT2D eigenvalue weighted by molar-refractivity contribution is 0.110. The number of hydrogen-bond acceptors (Lipinski definition) is 5. The quantitative estimate of drug-likeness (QED) is 0.730. The maximum atomic E-state index is 5.60. The van der Waals surface area contributed by atoms with Crippen molar-refractivity contribution in [3.05, 3.63) is 66.3 Å². The van der Waals surface area contributed by atoms with E-state index in [2.05, 4.69) is 26.1 Å². The fraction of sp³-hybridized carbons (Fsp3) is 0.316. The first kappa shape index (κ1) is 15.0. The summed E-state index contributed by atoms with van der Waals surface area (Å²) in [5.41, 5.74) is 2.06. The molecule has 5 heteroatoms. The Morgan fingerprint density at radius 1 is 1.04 bits per heavy atom. The fourth-order valence-corrected chi connectivity index (χ4v) is 3.23. The minimum atomic E-state index is 0.172. The SMILES string of the molecule is c1ccc(-c2noc(C3CCCCN3Cc3ccccn3)n2)cc1. The molecule has 3 aromatic rings. The van der Waals surface area contributed by atoms with Crippen molar-refractivity contribution in [1.82, 2.24) is 20.0 Å². The molecule has 1 aromatic carbocycles. The van der Waals surface area contributed by atoms with Crippen LogP contribution in [0.3, 0.4) is 0 Å². The zero-order chi connectivity index (χ0) is 16.2. The Kier molecular flexibility index (Phi) is 4.34. The second-order valence-electron chi connectivity index (χ2n) is 6.13. The molecular formula is C19H20N4O. The van der Waals surface area contributed by atoms with Crippen LogP contribution in [0, 0.1) is 0 Å². The molecule has 1 fully saturated rings. The Hall–Kier alpha value is -2.53. The highest BCUT2D eigenvalue weighted by molar-refractivity contribution is 5.53. The molecule has 0 saturated carbocycles. The topological polar surface area (TPSA) is 55.1 Å². The van der Waals surface area contributed by atoms with Crippen LogP contribution in [0.5, 0.6) is 0 Å². The number of benzene rings is 1. The van der Waals surface area contributed by atoms with Gasteiger partial charge in [0, 0.05) is 18.3 Å². The van der Waals surface area contributed by atoms with Gasteiger partial charge in [-0.2, -0.15) is 4.98 Å². The molecule has 0 aliphatic carbocycles. The molecule has 0 amide bonds. The number of rotatable bonds is 4. The van der Waals surface area contributed by atoms with Gasteiger partial charge in [0.1, 0.15) is 0 Å². The van der Waals surface area contributed by atoms with Crippen LogP contribution >= 0.6 is 0 Å². The predicted octanol–water partition coefficient (Wildman–Crippen LogP) is 3.86. The summed E-state index contributed by atoms with van der Waals surface area (Å²) < 4.78 is 5.60. The molecular weight excluding hydrogens is 300 g/mol. The Balaban J connectivity index is 1.56.